The van der Waals surface area contributed by atoms with E-state index in [1.54, 1.807) is 0 Å². The molecule has 6 nitrogen and oxygen atoms in total. The average Bonchev–Trinajstić information content (AvgIpc) is 2.66. The van der Waals surface area contributed by atoms with Gasteiger partial charge in [-0.05, 0) is 12.3 Å². The second-order valence-electron chi connectivity index (χ2n) is 3.86. The smallest absolute Gasteiger partial charge is 0.321 e. The second kappa shape index (κ2) is 6.39. The van der Waals surface area contributed by atoms with Crippen LogP contribution in [0, 0.1) is 5.92 Å². The fourth-order valence-electron chi connectivity index (χ4n) is 1.21. The largest absolute Gasteiger partial charge is 0.391 e. The van der Waals surface area contributed by atoms with Crippen LogP contribution in [0.3, 0.4) is 0 Å². The van der Waals surface area contributed by atoms with Gasteiger partial charge in [-0.15, -0.1) is 10.2 Å². The maximum atomic E-state index is 11.3. The number of rotatable bonds is 5. The third-order valence-corrected chi connectivity index (χ3v) is 2.43. The van der Waals surface area contributed by atoms with E-state index < -0.39 is 6.10 Å². The fourth-order valence-corrected chi connectivity index (χ4v) is 1.65. The predicted molar refractivity (Wildman–Crippen MR) is 62.4 cm³/mol. The molecule has 0 bridgehead atoms. The van der Waals surface area contributed by atoms with E-state index in [4.69, 9.17) is 0 Å². The first-order chi connectivity index (χ1) is 7.58. The summed E-state index contributed by atoms with van der Waals surface area (Å²) in [5.74, 6) is 0.406. The second-order valence-corrected chi connectivity index (χ2v) is 4.70. The number of hydrogen-bond donors (Lipinski definition) is 3. The number of nitrogens with zero attached hydrogens (tertiary/aromatic N) is 2. The van der Waals surface area contributed by atoms with E-state index in [1.165, 1.54) is 16.8 Å². The van der Waals surface area contributed by atoms with Gasteiger partial charge in [-0.2, -0.15) is 0 Å². The Morgan fingerprint density at radius 3 is 2.94 bits per heavy atom. The molecule has 16 heavy (non-hydrogen) atoms. The molecule has 1 atom stereocenters. The summed E-state index contributed by atoms with van der Waals surface area (Å²) in [6.07, 6.45) is 0.152. The van der Waals surface area contributed by atoms with Crippen molar-refractivity contribution in [1.29, 1.82) is 0 Å². The zero-order chi connectivity index (χ0) is 12.0. The van der Waals surface area contributed by atoms with E-state index in [2.05, 4.69) is 20.8 Å². The van der Waals surface area contributed by atoms with Crippen LogP contribution in [0.1, 0.15) is 20.3 Å². The maximum Gasteiger partial charge on any atom is 0.321 e. The molecular weight excluding hydrogens is 228 g/mol. The summed E-state index contributed by atoms with van der Waals surface area (Å²) in [7, 11) is 0. The number of urea groups is 1. The Morgan fingerprint density at radius 1 is 1.62 bits per heavy atom. The average molecular weight is 244 g/mol. The van der Waals surface area contributed by atoms with Gasteiger partial charge in [0.1, 0.15) is 5.51 Å². The monoisotopic (exact) mass is 244 g/mol. The van der Waals surface area contributed by atoms with E-state index in [1.807, 2.05) is 13.8 Å². The fraction of sp³-hybridized carbons (Fsp3) is 0.667. The predicted octanol–water partition coefficient (Wildman–Crippen LogP) is 1.07. The normalized spacial score (nSPS) is 12.5. The molecular formula is C9H16N4O2S. The summed E-state index contributed by atoms with van der Waals surface area (Å²) in [5, 5.41) is 22.3. The molecule has 0 aromatic carbocycles. The Morgan fingerprint density at radius 2 is 2.38 bits per heavy atom. The van der Waals surface area contributed by atoms with Crippen LogP contribution in [0.25, 0.3) is 0 Å². The minimum atomic E-state index is -0.514. The first kappa shape index (κ1) is 12.9. The molecule has 0 saturated heterocycles. The highest BCUT2D eigenvalue weighted by molar-refractivity contribution is 7.13. The highest BCUT2D eigenvalue weighted by Crippen LogP contribution is 2.07. The van der Waals surface area contributed by atoms with Crippen LogP contribution in [0.2, 0.25) is 0 Å². The molecule has 1 rings (SSSR count). The Bertz CT molecular complexity index is 315. The van der Waals surface area contributed by atoms with Crippen LogP contribution in [0.4, 0.5) is 9.93 Å². The van der Waals surface area contributed by atoms with Crippen LogP contribution in [0.15, 0.2) is 5.51 Å². The third kappa shape index (κ3) is 5.04. The van der Waals surface area contributed by atoms with Crippen LogP contribution in [-0.2, 0) is 0 Å². The highest BCUT2D eigenvalue weighted by Gasteiger charge is 2.09. The zero-order valence-electron chi connectivity index (χ0n) is 9.30. The van der Waals surface area contributed by atoms with E-state index in [9.17, 15) is 9.90 Å². The number of nitrogens with one attached hydrogen (secondary N) is 2. The van der Waals surface area contributed by atoms with Gasteiger partial charge in [0.2, 0.25) is 5.13 Å². The van der Waals surface area contributed by atoms with Crippen LogP contribution in [-0.4, -0.2) is 34.0 Å². The molecule has 3 N–H and O–H groups in total. The van der Waals surface area contributed by atoms with Crippen molar-refractivity contribution in [3.05, 3.63) is 5.51 Å². The summed E-state index contributed by atoms with van der Waals surface area (Å²) in [5.41, 5.74) is 1.53. The molecule has 0 radical (unpaired) electrons. The van der Waals surface area contributed by atoms with Gasteiger partial charge < -0.3 is 10.4 Å². The summed E-state index contributed by atoms with van der Waals surface area (Å²) in [6.45, 7) is 4.28. The Labute approximate surface area is 98.1 Å². The van der Waals surface area contributed by atoms with Gasteiger partial charge in [-0.1, -0.05) is 25.2 Å². The lowest BCUT2D eigenvalue weighted by molar-refractivity contribution is 0.148. The number of anilines is 1. The standard InChI is InChI=1S/C9H16N4O2S/c1-6(2)3-7(14)4-10-8(15)12-9-13-11-5-16-9/h5-7,14H,3-4H2,1-2H3,(H2,10,12,13,15)/t7-/m1/s1. The molecule has 90 valence electrons. The molecule has 1 aromatic rings. The lowest BCUT2D eigenvalue weighted by atomic mass is 10.1. The van der Waals surface area contributed by atoms with Crippen molar-refractivity contribution >= 4 is 22.5 Å². The van der Waals surface area contributed by atoms with Gasteiger partial charge in [-0.25, -0.2) is 4.79 Å². The summed E-state index contributed by atoms with van der Waals surface area (Å²) < 4.78 is 0. The third-order valence-electron chi connectivity index (χ3n) is 1.82. The Hall–Kier alpha value is -1.21. The Balaban J connectivity index is 2.20. The maximum absolute atomic E-state index is 11.3. The molecule has 0 unspecified atom stereocenters. The molecule has 0 spiro atoms. The molecule has 1 aromatic heterocycles. The summed E-state index contributed by atoms with van der Waals surface area (Å²) in [4.78, 5) is 11.3. The van der Waals surface area contributed by atoms with Crippen LogP contribution >= 0.6 is 11.3 Å². The van der Waals surface area contributed by atoms with Crippen molar-refractivity contribution in [2.75, 3.05) is 11.9 Å². The number of amides is 2. The number of carbonyl (C=O) groups excluding carboxylic acids is 1. The van der Waals surface area contributed by atoms with Crippen molar-refractivity contribution < 1.29 is 9.90 Å². The molecule has 7 heteroatoms. The minimum Gasteiger partial charge on any atom is -0.391 e. The van der Waals surface area contributed by atoms with Gasteiger partial charge >= 0.3 is 6.03 Å². The Kier molecular flexibility index (Phi) is 5.13. The SMILES string of the molecule is CC(C)C[C@@H](O)CNC(=O)Nc1nncs1. The topological polar surface area (TPSA) is 87.1 Å². The van der Waals surface area contributed by atoms with Gasteiger partial charge in [0.15, 0.2) is 0 Å². The highest BCUT2D eigenvalue weighted by atomic mass is 32.1. The molecule has 0 fully saturated rings. The minimum absolute atomic E-state index is 0.239. The van der Waals surface area contributed by atoms with Crippen LogP contribution < -0.4 is 10.6 Å². The van der Waals surface area contributed by atoms with Crippen molar-refractivity contribution in [3.8, 4) is 0 Å². The van der Waals surface area contributed by atoms with Crippen molar-refractivity contribution in [2.24, 2.45) is 5.92 Å². The van der Waals surface area contributed by atoms with Crippen LogP contribution in [0.5, 0.6) is 0 Å². The van der Waals surface area contributed by atoms with Gasteiger partial charge in [-0.3, -0.25) is 5.32 Å². The van der Waals surface area contributed by atoms with Crippen molar-refractivity contribution in [1.82, 2.24) is 15.5 Å². The number of aromatic nitrogens is 2. The number of aliphatic hydroxyl groups is 1. The molecule has 2 amide bonds. The first-order valence-electron chi connectivity index (χ1n) is 5.07. The number of hydrogen-bond acceptors (Lipinski definition) is 5. The number of aliphatic hydroxyl groups excluding tert-OH is 1. The molecule has 0 aliphatic rings. The van der Waals surface area contributed by atoms with E-state index in [-0.39, 0.29) is 12.6 Å². The summed E-state index contributed by atoms with van der Waals surface area (Å²) in [6, 6.07) is -0.375. The van der Waals surface area contributed by atoms with E-state index >= 15 is 0 Å². The molecule has 0 aliphatic carbocycles. The quantitative estimate of drug-likeness (QED) is 0.723. The number of carbonyl (C=O) groups is 1. The molecule has 0 aliphatic heterocycles. The van der Waals surface area contributed by atoms with Gasteiger partial charge in [0, 0.05) is 6.54 Å². The van der Waals surface area contributed by atoms with Crippen molar-refractivity contribution in [2.45, 2.75) is 26.4 Å². The van der Waals surface area contributed by atoms with E-state index in [0.717, 1.165) is 0 Å². The molecule has 1 heterocycles. The zero-order valence-corrected chi connectivity index (χ0v) is 10.1. The lowest BCUT2D eigenvalue weighted by Crippen LogP contribution is -2.35. The van der Waals surface area contributed by atoms with Crippen molar-refractivity contribution in [3.63, 3.8) is 0 Å². The first-order valence-corrected chi connectivity index (χ1v) is 5.95. The summed E-state index contributed by atoms with van der Waals surface area (Å²) >= 11 is 1.24. The van der Waals surface area contributed by atoms with E-state index in [0.29, 0.717) is 17.5 Å². The van der Waals surface area contributed by atoms with Gasteiger partial charge in [0.25, 0.3) is 0 Å². The molecule has 0 saturated carbocycles. The van der Waals surface area contributed by atoms with Gasteiger partial charge in [0.05, 0.1) is 6.10 Å². The lowest BCUT2D eigenvalue weighted by Gasteiger charge is -2.13.